The molecule has 0 spiro atoms. The number of ether oxygens (including phenoxy) is 3. The Hall–Kier alpha value is -4.90. The summed E-state index contributed by atoms with van der Waals surface area (Å²) >= 11 is 0. The van der Waals surface area contributed by atoms with Gasteiger partial charge >= 0.3 is 11.9 Å². The molecule has 35 heavy (non-hydrogen) atoms. The molecule has 0 heterocycles. The number of anilines is 1. The van der Waals surface area contributed by atoms with Crippen LogP contribution in [0.3, 0.4) is 0 Å². The number of amides is 1. The minimum Gasteiger partial charge on any atom is -0.490 e. The van der Waals surface area contributed by atoms with Gasteiger partial charge in [-0.2, -0.15) is 5.26 Å². The van der Waals surface area contributed by atoms with E-state index in [4.69, 9.17) is 14.2 Å². The number of para-hydroxylation sites is 1. The number of nitriles is 1. The summed E-state index contributed by atoms with van der Waals surface area (Å²) in [7, 11) is 1.23. The van der Waals surface area contributed by atoms with Crippen molar-refractivity contribution < 1.29 is 28.6 Å². The van der Waals surface area contributed by atoms with Gasteiger partial charge in [-0.15, -0.1) is 0 Å². The van der Waals surface area contributed by atoms with E-state index < -0.39 is 17.8 Å². The van der Waals surface area contributed by atoms with E-state index in [1.54, 1.807) is 61.5 Å². The lowest BCUT2D eigenvalue weighted by Crippen LogP contribution is -2.16. The van der Waals surface area contributed by atoms with Crippen LogP contribution in [0, 0.1) is 11.3 Å². The Morgan fingerprint density at radius 3 is 2.34 bits per heavy atom. The molecule has 0 unspecified atom stereocenters. The topological polar surface area (TPSA) is 115 Å². The summed E-state index contributed by atoms with van der Waals surface area (Å²) in [5, 5.41) is 12.1. The van der Waals surface area contributed by atoms with Gasteiger partial charge in [0, 0.05) is 0 Å². The first-order chi connectivity index (χ1) is 17.0. The van der Waals surface area contributed by atoms with E-state index in [2.05, 4.69) is 5.32 Å². The molecular formula is C27H22N2O6. The van der Waals surface area contributed by atoms with Crippen molar-refractivity contribution in [2.45, 2.75) is 6.92 Å². The molecule has 0 radical (unpaired) electrons. The Morgan fingerprint density at radius 1 is 0.943 bits per heavy atom. The number of benzene rings is 3. The van der Waals surface area contributed by atoms with Gasteiger partial charge < -0.3 is 19.5 Å². The number of hydrogen-bond donors (Lipinski definition) is 1. The lowest BCUT2D eigenvalue weighted by Gasteiger charge is -2.12. The molecule has 3 rings (SSSR count). The van der Waals surface area contributed by atoms with Crippen molar-refractivity contribution >= 4 is 29.6 Å². The second-order valence-electron chi connectivity index (χ2n) is 7.06. The summed E-state index contributed by atoms with van der Waals surface area (Å²) in [6, 6.07) is 21.3. The van der Waals surface area contributed by atoms with Crippen LogP contribution in [0.25, 0.3) is 6.08 Å². The molecule has 0 saturated heterocycles. The van der Waals surface area contributed by atoms with Crippen molar-refractivity contribution in [1.82, 2.24) is 0 Å². The molecule has 0 aliphatic rings. The molecule has 1 amide bonds. The molecule has 3 aromatic rings. The number of nitrogens with one attached hydrogen (secondary N) is 1. The quantitative estimate of drug-likeness (QED) is 0.221. The van der Waals surface area contributed by atoms with E-state index in [-0.39, 0.29) is 28.3 Å². The van der Waals surface area contributed by atoms with Crippen molar-refractivity contribution in [2.75, 3.05) is 19.0 Å². The minimum absolute atomic E-state index is 0.156. The summed E-state index contributed by atoms with van der Waals surface area (Å²) in [4.78, 5) is 37.1. The predicted octanol–water partition coefficient (Wildman–Crippen LogP) is 4.64. The third-order valence-corrected chi connectivity index (χ3v) is 4.74. The van der Waals surface area contributed by atoms with Gasteiger partial charge in [-0.25, -0.2) is 9.59 Å². The normalized spacial score (nSPS) is 10.6. The minimum atomic E-state index is -0.707. The summed E-state index contributed by atoms with van der Waals surface area (Å²) in [5.41, 5.74) is 1.02. The summed E-state index contributed by atoms with van der Waals surface area (Å²) in [5.74, 6) is -1.39. The zero-order valence-electron chi connectivity index (χ0n) is 19.1. The molecule has 0 saturated carbocycles. The smallest absolute Gasteiger partial charge is 0.343 e. The van der Waals surface area contributed by atoms with Gasteiger partial charge in [0.05, 0.1) is 30.5 Å². The van der Waals surface area contributed by atoms with E-state index in [1.165, 1.54) is 31.4 Å². The van der Waals surface area contributed by atoms with Crippen LogP contribution >= 0.6 is 0 Å². The van der Waals surface area contributed by atoms with Gasteiger partial charge in [0.25, 0.3) is 5.91 Å². The van der Waals surface area contributed by atoms with Crippen LogP contribution in [0.4, 0.5) is 5.69 Å². The molecule has 8 heteroatoms. The second-order valence-corrected chi connectivity index (χ2v) is 7.06. The third-order valence-electron chi connectivity index (χ3n) is 4.74. The lowest BCUT2D eigenvalue weighted by atomic mass is 10.1. The van der Waals surface area contributed by atoms with Crippen LogP contribution in [0.5, 0.6) is 11.5 Å². The maximum Gasteiger partial charge on any atom is 0.343 e. The second kappa shape index (κ2) is 11.8. The Kier molecular flexibility index (Phi) is 8.35. The molecule has 8 nitrogen and oxygen atoms in total. The lowest BCUT2D eigenvalue weighted by molar-refractivity contribution is -0.112. The molecule has 1 N–H and O–H groups in total. The highest BCUT2D eigenvalue weighted by Gasteiger charge is 2.17. The van der Waals surface area contributed by atoms with E-state index in [0.717, 1.165) is 0 Å². The van der Waals surface area contributed by atoms with Crippen LogP contribution in [0.2, 0.25) is 0 Å². The van der Waals surface area contributed by atoms with Gasteiger partial charge in [0.1, 0.15) is 11.6 Å². The number of carbonyl (C=O) groups excluding carboxylic acids is 3. The number of nitrogens with zero attached hydrogens (tertiary/aromatic N) is 1. The first kappa shape index (κ1) is 24.7. The van der Waals surface area contributed by atoms with E-state index in [1.807, 2.05) is 6.07 Å². The maximum absolute atomic E-state index is 12.7. The van der Waals surface area contributed by atoms with Crippen molar-refractivity contribution in [3.8, 4) is 17.6 Å². The van der Waals surface area contributed by atoms with Crippen LogP contribution in [0.1, 0.15) is 33.2 Å². The molecular weight excluding hydrogens is 448 g/mol. The third kappa shape index (κ3) is 6.33. The van der Waals surface area contributed by atoms with Crippen LogP contribution < -0.4 is 14.8 Å². The average molecular weight is 470 g/mol. The molecule has 3 aromatic carbocycles. The largest absolute Gasteiger partial charge is 0.490 e. The summed E-state index contributed by atoms with van der Waals surface area (Å²) in [6.07, 6.45) is 1.36. The van der Waals surface area contributed by atoms with Gasteiger partial charge in [-0.1, -0.05) is 36.4 Å². The zero-order chi connectivity index (χ0) is 25.2. The fraction of sp³-hybridized carbons (Fsp3) is 0.111. The predicted molar refractivity (Wildman–Crippen MR) is 129 cm³/mol. The van der Waals surface area contributed by atoms with Gasteiger partial charge in [0.2, 0.25) is 0 Å². The van der Waals surface area contributed by atoms with E-state index in [0.29, 0.717) is 17.7 Å². The molecule has 0 atom stereocenters. The number of methoxy groups -OCH3 is 1. The van der Waals surface area contributed by atoms with Crippen LogP contribution in [0.15, 0.2) is 78.4 Å². The first-order valence-corrected chi connectivity index (χ1v) is 10.6. The summed E-state index contributed by atoms with van der Waals surface area (Å²) < 4.78 is 15.8. The Bertz CT molecular complexity index is 1310. The number of rotatable bonds is 8. The van der Waals surface area contributed by atoms with Crippen molar-refractivity contribution in [2.24, 2.45) is 0 Å². The molecule has 0 aliphatic heterocycles. The number of hydrogen-bond acceptors (Lipinski definition) is 7. The Labute approximate surface area is 202 Å². The maximum atomic E-state index is 12.7. The molecule has 0 bridgehead atoms. The fourth-order valence-corrected chi connectivity index (χ4v) is 3.09. The molecule has 176 valence electrons. The molecule has 0 aromatic heterocycles. The Morgan fingerprint density at radius 2 is 1.66 bits per heavy atom. The van der Waals surface area contributed by atoms with Crippen molar-refractivity contribution in [1.29, 1.82) is 5.26 Å². The summed E-state index contributed by atoms with van der Waals surface area (Å²) in [6.45, 7) is 2.08. The van der Waals surface area contributed by atoms with E-state index in [9.17, 15) is 19.6 Å². The van der Waals surface area contributed by atoms with Crippen LogP contribution in [-0.4, -0.2) is 31.6 Å². The monoisotopic (exact) mass is 470 g/mol. The SMILES string of the molecule is CCOc1cc(C=C(C#N)C(=O)Nc2ccccc2C(=O)OC)ccc1OC(=O)c1ccccc1. The molecule has 0 fully saturated rings. The average Bonchev–Trinajstić information content (AvgIpc) is 2.89. The fourth-order valence-electron chi connectivity index (χ4n) is 3.09. The van der Waals surface area contributed by atoms with Crippen molar-refractivity contribution in [3.05, 3.63) is 95.1 Å². The van der Waals surface area contributed by atoms with Gasteiger partial charge in [-0.05, 0) is 55.0 Å². The highest BCUT2D eigenvalue weighted by Crippen LogP contribution is 2.30. The van der Waals surface area contributed by atoms with Gasteiger partial charge in [0.15, 0.2) is 11.5 Å². The van der Waals surface area contributed by atoms with Crippen molar-refractivity contribution in [3.63, 3.8) is 0 Å². The van der Waals surface area contributed by atoms with Crippen LogP contribution in [-0.2, 0) is 9.53 Å². The number of esters is 2. The molecule has 0 aliphatic carbocycles. The van der Waals surface area contributed by atoms with Gasteiger partial charge in [-0.3, -0.25) is 4.79 Å². The number of carbonyl (C=O) groups is 3. The highest BCUT2D eigenvalue weighted by molar-refractivity contribution is 6.12. The highest BCUT2D eigenvalue weighted by atomic mass is 16.6. The zero-order valence-corrected chi connectivity index (χ0v) is 19.1. The standard InChI is InChI=1S/C27H22N2O6/c1-3-34-24-16-18(13-14-23(24)35-26(31)19-9-5-4-6-10-19)15-20(17-28)25(30)29-22-12-8-7-11-21(22)27(32)33-2/h4-16H,3H2,1-2H3,(H,29,30). The van der Waals surface area contributed by atoms with E-state index >= 15 is 0 Å². The first-order valence-electron chi connectivity index (χ1n) is 10.6. The Balaban J connectivity index is 1.85.